The van der Waals surface area contributed by atoms with Gasteiger partial charge in [-0.2, -0.15) is 0 Å². The second-order valence-electron chi connectivity index (χ2n) is 6.79. The number of amides is 1. The van der Waals surface area contributed by atoms with Gasteiger partial charge in [-0.15, -0.1) is 0 Å². The number of para-hydroxylation sites is 1. The summed E-state index contributed by atoms with van der Waals surface area (Å²) in [6, 6.07) is 7.96. The Balaban J connectivity index is 1.73. The maximum atomic E-state index is 13.0. The summed E-state index contributed by atoms with van der Waals surface area (Å²) in [7, 11) is -1.44. The van der Waals surface area contributed by atoms with Crippen LogP contribution in [0.5, 0.6) is 0 Å². The van der Waals surface area contributed by atoms with Crippen LogP contribution in [0, 0.1) is 0 Å². The molecule has 1 aromatic carbocycles. The lowest BCUT2D eigenvalue weighted by Gasteiger charge is -2.34. The zero-order valence-electron chi connectivity index (χ0n) is 14.7. The van der Waals surface area contributed by atoms with Crippen LogP contribution in [0.4, 0.5) is 5.69 Å². The number of hydrogen-bond acceptors (Lipinski definition) is 5. The maximum Gasteiger partial charge on any atom is 0.242 e. The Morgan fingerprint density at radius 1 is 1.36 bits per heavy atom. The van der Waals surface area contributed by atoms with Crippen molar-refractivity contribution in [2.45, 2.75) is 25.3 Å². The Labute approximate surface area is 149 Å². The minimum Gasteiger partial charge on any atom is -0.383 e. The van der Waals surface area contributed by atoms with E-state index in [-0.39, 0.29) is 30.0 Å². The van der Waals surface area contributed by atoms with Crippen LogP contribution >= 0.6 is 0 Å². The molecule has 2 aliphatic heterocycles. The summed E-state index contributed by atoms with van der Waals surface area (Å²) < 4.78 is 28.8. The van der Waals surface area contributed by atoms with Crippen LogP contribution in [0.15, 0.2) is 24.3 Å². The van der Waals surface area contributed by atoms with E-state index in [4.69, 9.17) is 4.74 Å². The number of carbonyl (C=O) groups is 1. The predicted octanol–water partition coefficient (Wildman–Crippen LogP) is 1.10. The SMILES string of the molecule is COCCN(C(=O)CN1CCCc2ccccc21)C1CCS(=O)(=O)C1. The molecule has 7 heteroatoms. The molecule has 0 saturated carbocycles. The van der Waals surface area contributed by atoms with Crippen molar-refractivity contribution < 1.29 is 17.9 Å². The normalized spacial score (nSPS) is 21.8. The summed E-state index contributed by atoms with van der Waals surface area (Å²) >= 11 is 0. The van der Waals surface area contributed by atoms with Crippen LogP contribution in [0.3, 0.4) is 0 Å². The number of nitrogens with zero attached hydrogens (tertiary/aromatic N) is 2. The summed E-state index contributed by atoms with van der Waals surface area (Å²) in [5, 5.41) is 0. The standard InChI is InChI=1S/C18H26N2O4S/c1-24-11-10-20(16-8-12-25(22,23)14-16)18(21)13-19-9-4-6-15-5-2-3-7-17(15)19/h2-3,5,7,16H,4,6,8-14H2,1H3. The lowest BCUT2D eigenvalue weighted by atomic mass is 10.0. The summed E-state index contributed by atoms with van der Waals surface area (Å²) in [4.78, 5) is 16.8. The molecule has 0 bridgehead atoms. The Kier molecular flexibility index (Phi) is 5.64. The van der Waals surface area contributed by atoms with Gasteiger partial charge in [-0.3, -0.25) is 4.79 Å². The number of anilines is 1. The van der Waals surface area contributed by atoms with Crippen molar-refractivity contribution in [2.75, 3.05) is 49.8 Å². The van der Waals surface area contributed by atoms with Crippen LogP contribution in [0.25, 0.3) is 0 Å². The van der Waals surface area contributed by atoms with Crippen molar-refractivity contribution in [3.05, 3.63) is 29.8 Å². The molecule has 6 nitrogen and oxygen atoms in total. The molecule has 2 aliphatic rings. The van der Waals surface area contributed by atoms with E-state index in [2.05, 4.69) is 17.0 Å². The van der Waals surface area contributed by atoms with Crippen molar-refractivity contribution in [1.82, 2.24) is 4.90 Å². The van der Waals surface area contributed by atoms with Gasteiger partial charge in [0.15, 0.2) is 9.84 Å². The zero-order valence-corrected chi connectivity index (χ0v) is 15.5. The Morgan fingerprint density at radius 2 is 2.16 bits per heavy atom. The van der Waals surface area contributed by atoms with Gasteiger partial charge in [0, 0.05) is 31.9 Å². The van der Waals surface area contributed by atoms with Gasteiger partial charge in [0.2, 0.25) is 5.91 Å². The third-order valence-corrected chi connectivity index (χ3v) is 6.79. The van der Waals surface area contributed by atoms with Crippen LogP contribution < -0.4 is 4.90 Å². The van der Waals surface area contributed by atoms with E-state index in [1.54, 1.807) is 12.0 Å². The van der Waals surface area contributed by atoms with Gasteiger partial charge in [-0.05, 0) is 30.9 Å². The second-order valence-corrected chi connectivity index (χ2v) is 9.02. The number of benzene rings is 1. The fraction of sp³-hybridized carbons (Fsp3) is 0.611. The fourth-order valence-electron chi connectivity index (χ4n) is 3.75. The quantitative estimate of drug-likeness (QED) is 0.754. The minimum atomic E-state index is -3.03. The number of methoxy groups -OCH3 is 1. The number of aryl methyl sites for hydroxylation is 1. The van der Waals surface area contributed by atoms with E-state index >= 15 is 0 Å². The zero-order chi connectivity index (χ0) is 17.9. The molecule has 0 radical (unpaired) electrons. The van der Waals surface area contributed by atoms with E-state index in [0.717, 1.165) is 25.1 Å². The van der Waals surface area contributed by atoms with Gasteiger partial charge in [0.25, 0.3) is 0 Å². The highest BCUT2D eigenvalue weighted by molar-refractivity contribution is 7.91. The molecule has 0 aliphatic carbocycles. The number of hydrogen-bond donors (Lipinski definition) is 0. The first-order valence-corrected chi connectivity index (χ1v) is 10.6. The summed E-state index contributed by atoms with van der Waals surface area (Å²) in [6.45, 7) is 1.99. The van der Waals surface area contributed by atoms with E-state index in [9.17, 15) is 13.2 Å². The maximum absolute atomic E-state index is 13.0. The van der Waals surface area contributed by atoms with Gasteiger partial charge in [-0.25, -0.2) is 8.42 Å². The first-order valence-electron chi connectivity index (χ1n) is 8.82. The molecular weight excluding hydrogens is 340 g/mol. The van der Waals surface area contributed by atoms with Crippen LogP contribution in [-0.4, -0.2) is 70.1 Å². The Morgan fingerprint density at radius 3 is 2.88 bits per heavy atom. The van der Waals surface area contributed by atoms with Crippen molar-refractivity contribution in [3.63, 3.8) is 0 Å². The fourth-order valence-corrected chi connectivity index (χ4v) is 5.48. The van der Waals surface area contributed by atoms with Gasteiger partial charge < -0.3 is 14.5 Å². The Hall–Kier alpha value is -1.60. The number of ether oxygens (including phenoxy) is 1. The molecule has 138 valence electrons. The Bertz CT molecular complexity index is 720. The topological polar surface area (TPSA) is 66.9 Å². The first-order chi connectivity index (χ1) is 12.0. The minimum absolute atomic E-state index is 0.0177. The molecule has 1 atom stereocenters. The van der Waals surface area contributed by atoms with Gasteiger partial charge in [-0.1, -0.05) is 18.2 Å². The predicted molar refractivity (Wildman–Crippen MR) is 97.6 cm³/mol. The number of sulfone groups is 1. The molecule has 3 rings (SSSR count). The molecule has 1 unspecified atom stereocenters. The first kappa shape index (κ1) is 18.2. The highest BCUT2D eigenvalue weighted by atomic mass is 32.2. The smallest absolute Gasteiger partial charge is 0.242 e. The molecular formula is C18H26N2O4S. The van der Waals surface area contributed by atoms with E-state index < -0.39 is 9.84 Å². The van der Waals surface area contributed by atoms with Gasteiger partial charge in [0.1, 0.15) is 0 Å². The molecule has 0 aromatic heterocycles. The van der Waals surface area contributed by atoms with Gasteiger partial charge in [0.05, 0.1) is 24.7 Å². The van der Waals surface area contributed by atoms with Crippen molar-refractivity contribution >= 4 is 21.4 Å². The molecule has 2 heterocycles. The number of rotatable bonds is 6. The average Bonchev–Trinajstić information content (AvgIpc) is 2.95. The highest BCUT2D eigenvalue weighted by Crippen LogP contribution is 2.27. The summed E-state index contributed by atoms with van der Waals surface area (Å²) in [6.07, 6.45) is 2.59. The molecule has 0 spiro atoms. The molecule has 1 aromatic rings. The van der Waals surface area contributed by atoms with Gasteiger partial charge >= 0.3 is 0 Å². The third-order valence-electron chi connectivity index (χ3n) is 5.04. The van der Waals surface area contributed by atoms with E-state index in [1.165, 1.54) is 5.56 Å². The average molecular weight is 366 g/mol. The molecule has 1 amide bonds. The van der Waals surface area contributed by atoms with E-state index in [0.29, 0.717) is 19.6 Å². The monoisotopic (exact) mass is 366 g/mol. The lowest BCUT2D eigenvalue weighted by molar-refractivity contribution is -0.132. The van der Waals surface area contributed by atoms with E-state index in [1.807, 2.05) is 12.1 Å². The number of carbonyl (C=O) groups excluding carboxylic acids is 1. The van der Waals surface area contributed by atoms with Crippen LogP contribution in [0.1, 0.15) is 18.4 Å². The lowest BCUT2D eigenvalue weighted by Crippen LogP contribution is -2.48. The molecule has 25 heavy (non-hydrogen) atoms. The van der Waals surface area contributed by atoms with Crippen LogP contribution in [-0.2, 0) is 25.8 Å². The highest BCUT2D eigenvalue weighted by Gasteiger charge is 2.35. The third kappa shape index (κ3) is 4.33. The van der Waals surface area contributed by atoms with Crippen molar-refractivity contribution in [2.24, 2.45) is 0 Å². The summed E-state index contributed by atoms with van der Waals surface area (Å²) in [5.74, 6) is 0.218. The van der Waals surface area contributed by atoms with Crippen molar-refractivity contribution in [1.29, 1.82) is 0 Å². The summed E-state index contributed by atoms with van der Waals surface area (Å²) in [5.41, 5.74) is 2.39. The van der Waals surface area contributed by atoms with Crippen molar-refractivity contribution in [3.8, 4) is 0 Å². The second kappa shape index (κ2) is 7.74. The molecule has 0 N–H and O–H groups in total. The molecule has 1 saturated heterocycles. The largest absolute Gasteiger partial charge is 0.383 e. The molecule has 1 fully saturated rings. The van der Waals surface area contributed by atoms with Crippen LogP contribution in [0.2, 0.25) is 0 Å². The number of fused-ring (bicyclic) bond motifs is 1.